The summed E-state index contributed by atoms with van der Waals surface area (Å²) in [5, 5.41) is 4.14. The minimum Gasteiger partial charge on any atom is -0.344 e. The van der Waals surface area contributed by atoms with Crippen molar-refractivity contribution in [1.29, 1.82) is 0 Å². The zero-order chi connectivity index (χ0) is 71.0. The van der Waals surface area contributed by atoms with Gasteiger partial charge in [0.05, 0.1) is 25.3 Å². The van der Waals surface area contributed by atoms with E-state index < -0.39 is 0 Å². The number of rotatable bonds is 20. The van der Waals surface area contributed by atoms with Gasteiger partial charge in [-0.1, -0.05) is 133 Å². The summed E-state index contributed by atoms with van der Waals surface area (Å²) in [4.78, 5) is 98.3. The van der Waals surface area contributed by atoms with Gasteiger partial charge >= 0.3 is 0 Å². The molecule has 0 unspecified atom stereocenters. The minimum absolute atomic E-state index is 0.0356. The Labute approximate surface area is 584 Å². The van der Waals surface area contributed by atoms with Crippen LogP contribution in [0.25, 0.3) is 0 Å². The number of hydrogen-bond donors (Lipinski definition) is 0. The van der Waals surface area contributed by atoms with Crippen molar-refractivity contribution in [3.63, 3.8) is 0 Å². The number of pyridine rings is 3. The molecule has 0 atom stereocenters. The van der Waals surface area contributed by atoms with Crippen LogP contribution in [-0.4, -0.2) is 64.9 Å². The lowest BCUT2D eigenvalue weighted by Gasteiger charge is -2.10. The van der Waals surface area contributed by atoms with Crippen molar-refractivity contribution in [2.75, 3.05) is 0 Å². The highest BCUT2D eigenvalue weighted by Crippen LogP contribution is 2.23. The first-order valence-corrected chi connectivity index (χ1v) is 33.4. The fourth-order valence-corrected chi connectivity index (χ4v) is 12.3. The smallest absolute Gasteiger partial charge is 0.267 e. The van der Waals surface area contributed by atoms with Crippen molar-refractivity contribution in [2.45, 2.75) is 122 Å². The van der Waals surface area contributed by atoms with Crippen molar-refractivity contribution in [3.8, 4) is 0 Å². The lowest BCUT2D eigenvalue weighted by molar-refractivity contribution is 0.0957. The molecule has 17 nitrogen and oxygen atoms in total. The van der Waals surface area contributed by atoms with Gasteiger partial charge in [0.15, 0.2) is 23.1 Å². The second kappa shape index (κ2) is 33.2. The van der Waals surface area contributed by atoms with E-state index in [-0.39, 0.29) is 71.5 Å². The van der Waals surface area contributed by atoms with Crippen LogP contribution in [0.3, 0.4) is 0 Å². The van der Waals surface area contributed by atoms with Crippen molar-refractivity contribution in [3.05, 3.63) is 366 Å². The molecule has 0 aliphatic carbocycles. The fourth-order valence-electron chi connectivity index (χ4n) is 12.0. The number of halogens is 1. The second-order valence-corrected chi connectivity index (χ2v) is 25.7. The molecular formula is C81H82BrN9O8. The average molecular weight is 1390 g/mol. The lowest BCUT2D eigenvalue weighted by atomic mass is 10.1. The number of aryl methyl sites for hydroxylation is 6. The number of Topliss-reactive ketones (excluding diaryl/α,β-unsaturated/α-hetero) is 4. The van der Waals surface area contributed by atoms with Crippen LogP contribution in [0, 0.1) is 69.2 Å². The van der Waals surface area contributed by atoms with E-state index >= 15 is 0 Å². The van der Waals surface area contributed by atoms with Crippen LogP contribution in [0.1, 0.15) is 120 Å². The first kappa shape index (κ1) is 72.2. The molecule has 0 saturated carbocycles. The Morgan fingerprint density at radius 2 is 0.646 bits per heavy atom. The third-order valence-corrected chi connectivity index (χ3v) is 17.9. The van der Waals surface area contributed by atoms with Gasteiger partial charge in [0.2, 0.25) is 0 Å². The van der Waals surface area contributed by atoms with E-state index in [1.807, 2.05) is 159 Å². The molecule has 0 spiro atoms. The van der Waals surface area contributed by atoms with Crippen LogP contribution in [0.4, 0.5) is 0 Å². The second-order valence-electron chi connectivity index (χ2n) is 24.7. The van der Waals surface area contributed by atoms with Gasteiger partial charge in [0, 0.05) is 141 Å². The summed E-state index contributed by atoms with van der Waals surface area (Å²) >= 11 is 3.33. The number of nitrogens with zero attached hydrogens (tertiary/aromatic N) is 9. The third kappa shape index (κ3) is 18.7. The Morgan fingerprint density at radius 3 is 1.02 bits per heavy atom. The molecule has 0 fully saturated rings. The Bertz CT molecular complexity index is 4720. The highest BCUT2D eigenvalue weighted by molar-refractivity contribution is 9.10. The molecule has 18 heteroatoms. The van der Waals surface area contributed by atoms with Crippen LogP contribution in [-0.2, 0) is 52.4 Å². The van der Waals surface area contributed by atoms with Gasteiger partial charge in [-0.05, 0) is 155 Å². The molecule has 0 bridgehead atoms. The predicted molar refractivity (Wildman–Crippen MR) is 393 cm³/mol. The van der Waals surface area contributed by atoms with E-state index in [2.05, 4.69) is 87.8 Å². The molecule has 99 heavy (non-hydrogen) atoms. The van der Waals surface area contributed by atoms with Gasteiger partial charge in [-0.15, -0.1) is 0 Å². The van der Waals surface area contributed by atoms with Crippen LogP contribution >= 0.6 is 15.9 Å². The van der Waals surface area contributed by atoms with Crippen molar-refractivity contribution in [1.82, 2.24) is 41.8 Å². The highest BCUT2D eigenvalue weighted by Gasteiger charge is 2.21. The molecule has 0 saturated heterocycles. The van der Waals surface area contributed by atoms with E-state index in [1.54, 1.807) is 55.8 Å². The van der Waals surface area contributed by atoms with Crippen LogP contribution in [0.5, 0.6) is 0 Å². The van der Waals surface area contributed by atoms with E-state index in [0.717, 1.165) is 75.2 Å². The molecule has 0 N–H and O–H groups in total. The molecule has 506 valence electrons. The molecular weight excluding hydrogens is 1310 g/mol. The summed E-state index contributed by atoms with van der Waals surface area (Å²) in [5.41, 5.74) is 16.2. The van der Waals surface area contributed by atoms with Crippen LogP contribution in [0.15, 0.2) is 242 Å². The predicted octanol–water partition coefficient (Wildman–Crippen LogP) is 13.6. The van der Waals surface area contributed by atoms with Crippen LogP contribution < -0.4 is 22.2 Å². The summed E-state index contributed by atoms with van der Waals surface area (Å²) in [6.45, 7) is 22.5. The maximum atomic E-state index is 12.7. The van der Waals surface area contributed by atoms with Crippen molar-refractivity contribution >= 4 is 39.1 Å². The Balaban J connectivity index is 0.000000154. The molecule has 0 amide bonds. The third-order valence-electron chi connectivity index (χ3n) is 17.4. The maximum Gasteiger partial charge on any atom is 0.267 e. The Morgan fingerprint density at radius 1 is 0.333 bits per heavy atom. The van der Waals surface area contributed by atoms with Gasteiger partial charge in [-0.25, -0.2) is 4.68 Å². The van der Waals surface area contributed by atoms with E-state index in [9.17, 15) is 38.4 Å². The SMILES string of the molecule is Cc1cc(C(=O)Cn2cc(Br)ccc2=O)c(C)n1Cc1ccccc1.Cc1cc(C(=O)Cn2ccccc2=O)c(C)n1Cc1ccccc1.Cc1ccc(=O)n(CC(=O)c2cc(C)n(Cc3ccccc3)c2C)c1.Cc1ccc(=O)n(CC(=O)c2cc(C)n(Cc3ccccc3)c2C)n1. The molecule has 4 aromatic carbocycles. The number of ketones is 4. The topological polar surface area (TPSA) is 189 Å². The molecule has 12 aromatic rings. The number of aromatic nitrogens is 9. The molecule has 0 aliphatic rings. The van der Waals surface area contributed by atoms with Crippen molar-refractivity contribution in [2.24, 2.45) is 0 Å². The van der Waals surface area contributed by atoms with Gasteiger partial charge in [0.25, 0.3) is 22.2 Å². The summed E-state index contributed by atoms with van der Waals surface area (Å²) in [7, 11) is 0. The maximum absolute atomic E-state index is 12.7. The molecule has 8 heterocycles. The first-order valence-electron chi connectivity index (χ1n) is 32.6. The molecule has 0 radical (unpaired) electrons. The monoisotopic (exact) mass is 1390 g/mol. The number of carbonyl (C=O) groups excluding carboxylic acids is 4. The highest BCUT2D eigenvalue weighted by atomic mass is 79.9. The van der Waals surface area contributed by atoms with E-state index in [0.29, 0.717) is 34.5 Å². The van der Waals surface area contributed by atoms with Gasteiger partial charge in [-0.2, -0.15) is 5.10 Å². The number of carbonyl (C=O) groups is 4. The van der Waals surface area contributed by atoms with E-state index in [1.165, 1.54) is 64.9 Å². The van der Waals surface area contributed by atoms with Crippen LogP contribution in [0.2, 0.25) is 0 Å². The Kier molecular flexibility index (Phi) is 24.2. The Hall–Kier alpha value is -11.1. The van der Waals surface area contributed by atoms with Crippen molar-refractivity contribution < 1.29 is 19.2 Å². The normalized spacial score (nSPS) is 10.8. The fraction of sp³-hybridized carbons (Fsp3) is 0.222. The summed E-state index contributed by atoms with van der Waals surface area (Å²) in [5.74, 6) is -0.254. The standard InChI is InChI=1S/C21H22N2O2.C20H19BrN2O2.C20H21N3O2.C20H20N2O2/c1-15-9-10-21(25)22(12-15)14-20(24)19-11-16(2)23(17(19)3)13-18-7-5-4-6-8-18;1-14-10-18(15(2)23(14)11-16-6-4-3-5-7-16)19(24)13-22-12-17(21)8-9-20(22)25;1-14-9-10-20(25)23(21-14)13-19(24)18-11-15(2)22(16(18)3)12-17-7-5-4-6-8-17;1-15-12-18(19(23)14-21-11-7-6-10-20(21)24)16(2)22(15)13-17-8-4-3-5-9-17/h4-12H,13-14H2,1-3H3;3-10,12H,11,13H2,1-2H3;4-11H,12-13H2,1-3H3;3-12H,13-14H2,1-2H3. The molecule has 0 aliphatic heterocycles. The van der Waals surface area contributed by atoms with Gasteiger partial charge in [-0.3, -0.25) is 38.4 Å². The summed E-state index contributed by atoms with van der Waals surface area (Å²) in [6.07, 6.45) is 5.01. The zero-order valence-electron chi connectivity index (χ0n) is 57.6. The summed E-state index contributed by atoms with van der Waals surface area (Å²) in [6, 6.07) is 62.6. The summed E-state index contributed by atoms with van der Waals surface area (Å²) < 4.78 is 14.9. The van der Waals surface area contributed by atoms with E-state index in [4.69, 9.17) is 0 Å². The number of hydrogen-bond acceptors (Lipinski definition) is 9. The minimum atomic E-state index is -0.267. The largest absolute Gasteiger partial charge is 0.344 e. The average Bonchev–Trinajstić information content (AvgIpc) is 1.69. The first-order chi connectivity index (χ1) is 47.4. The van der Waals surface area contributed by atoms with Gasteiger partial charge < -0.3 is 32.0 Å². The lowest BCUT2D eigenvalue weighted by Crippen LogP contribution is -2.26. The van der Waals surface area contributed by atoms with Gasteiger partial charge in [0.1, 0.15) is 6.54 Å². The molecule has 8 aromatic heterocycles. The quantitative estimate of drug-likeness (QED) is 0.0669. The number of benzene rings is 4. The molecule has 12 rings (SSSR count). The zero-order valence-corrected chi connectivity index (χ0v) is 59.2.